The van der Waals surface area contributed by atoms with Crippen molar-refractivity contribution in [1.82, 2.24) is 9.97 Å². The van der Waals surface area contributed by atoms with Crippen molar-refractivity contribution in [2.24, 2.45) is 5.16 Å². The van der Waals surface area contributed by atoms with Crippen LogP contribution in [0.1, 0.15) is 23.0 Å². The maximum absolute atomic E-state index is 13.3. The summed E-state index contributed by atoms with van der Waals surface area (Å²) < 4.78 is 13.3. The summed E-state index contributed by atoms with van der Waals surface area (Å²) >= 11 is 0. The molecule has 0 atom stereocenters. The predicted octanol–water partition coefficient (Wildman–Crippen LogP) is 2.20. The SMILES string of the molecule is C/C(=N/OC(=O)c1ccccc1F)c1cnccn1. The molecule has 0 saturated heterocycles. The molecule has 1 heterocycles. The van der Waals surface area contributed by atoms with Gasteiger partial charge in [0.2, 0.25) is 0 Å². The highest BCUT2D eigenvalue weighted by Crippen LogP contribution is 2.08. The number of benzene rings is 1. The van der Waals surface area contributed by atoms with Crippen molar-refractivity contribution in [1.29, 1.82) is 0 Å². The monoisotopic (exact) mass is 259 g/mol. The van der Waals surface area contributed by atoms with Gasteiger partial charge in [0.05, 0.1) is 11.8 Å². The van der Waals surface area contributed by atoms with Crippen LogP contribution in [-0.2, 0) is 4.84 Å². The maximum atomic E-state index is 13.3. The fourth-order valence-electron chi connectivity index (χ4n) is 1.32. The smallest absolute Gasteiger partial charge is 0.312 e. The predicted molar refractivity (Wildman–Crippen MR) is 66.1 cm³/mol. The van der Waals surface area contributed by atoms with E-state index in [0.29, 0.717) is 11.4 Å². The van der Waals surface area contributed by atoms with Crippen molar-refractivity contribution in [3.63, 3.8) is 0 Å². The van der Waals surface area contributed by atoms with E-state index in [0.717, 1.165) is 0 Å². The van der Waals surface area contributed by atoms with Gasteiger partial charge in [0.25, 0.3) is 0 Å². The number of hydrogen-bond acceptors (Lipinski definition) is 5. The molecular weight excluding hydrogens is 249 g/mol. The molecule has 5 nitrogen and oxygen atoms in total. The molecular formula is C13H10FN3O2. The third kappa shape index (κ3) is 3.19. The minimum atomic E-state index is -0.860. The number of halogens is 1. The lowest BCUT2D eigenvalue weighted by Crippen LogP contribution is -2.06. The molecule has 2 rings (SSSR count). The Kier molecular flexibility index (Phi) is 3.92. The molecule has 0 amide bonds. The van der Waals surface area contributed by atoms with Crippen LogP contribution < -0.4 is 0 Å². The number of carbonyl (C=O) groups excluding carboxylic acids is 1. The molecule has 0 spiro atoms. The Hall–Kier alpha value is -2.63. The zero-order chi connectivity index (χ0) is 13.7. The van der Waals surface area contributed by atoms with Crippen molar-refractivity contribution >= 4 is 11.7 Å². The fourth-order valence-corrected chi connectivity index (χ4v) is 1.32. The third-order valence-corrected chi connectivity index (χ3v) is 2.29. The lowest BCUT2D eigenvalue weighted by Gasteiger charge is -2.01. The first-order valence-electron chi connectivity index (χ1n) is 5.45. The first-order valence-corrected chi connectivity index (χ1v) is 5.45. The average Bonchev–Trinajstić information content (AvgIpc) is 2.46. The molecule has 0 aliphatic heterocycles. The van der Waals surface area contributed by atoms with Gasteiger partial charge >= 0.3 is 5.97 Å². The van der Waals surface area contributed by atoms with Gasteiger partial charge in [-0.3, -0.25) is 9.97 Å². The number of aromatic nitrogens is 2. The summed E-state index contributed by atoms with van der Waals surface area (Å²) in [7, 11) is 0. The van der Waals surface area contributed by atoms with Crippen molar-refractivity contribution in [3.8, 4) is 0 Å². The standard InChI is InChI=1S/C13H10FN3O2/c1-9(12-8-15-6-7-16-12)17-19-13(18)10-4-2-3-5-11(10)14/h2-8H,1H3/b17-9-. The van der Waals surface area contributed by atoms with Crippen LogP contribution >= 0.6 is 0 Å². The van der Waals surface area contributed by atoms with E-state index in [2.05, 4.69) is 20.0 Å². The molecule has 0 radical (unpaired) electrons. The fraction of sp³-hybridized carbons (Fsp3) is 0.0769. The van der Waals surface area contributed by atoms with Gasteiger partial charge in [-0.15, -0.1) is 0 Å². The van der Waals surface area contributed by atoms with Gasteiger partial charge in [-0.1, -0.05) is 17.3 Å². The number of oxime groups is 1. The van der Waals surface area contributed by atoms with E-state index < -0.39 is 11.8 Å². The molecule has 6 heteroatoms. The van der Waals surface area contributed by atoms with Gasteiger partial charge in [-0.2, -0.15) is 0 Å². The van der Waals surface area contributed by atoms with Gasteiger partial charge in [0, 0.05) is 12.4 Å². The van der Waals surface area contributed by atoms with Crippen molar-refractivity contribution in [2.75, 3.05) is 0 Å². The van der Waals surface area contributed by atoms with Crippen LogP contribution in [0.15, 0.2) is 48.0 Å². The molecule has 0 saturated carbocycles. The molecule has 0 N–H and O–H groups in total. The van der Waals surface area contributed by atoms with E-state index >= 15 is 0 Å². The van der Waals surface area contributed by atoms with Crippen molar-refractivity contribution in [3.05, 3.63) is 59.9 Å². The molecule has 96 valence electrons. The van der Waals surface area contributed by atoms with Crippen LogP contribution in [0, 0.1) is 5.82 Å². The van der Waals surface area contributed by atoms with E-state index in [4.69, 9.17) is 0 Å². The Morgan fingerprint density at radius 3 is 2.79 bits per heavy atom. The van der Waals surface area contributed by atoms with Crippen LogP contribution in [0.25, 0.3) is 0 Å². The van der Waals surface area contributed by atoms with Crippen LogP contribution in [-0.4, -0.2) is 21.6 Å². The Morgan fingerprint density at radius 2 is 2.11 bits per heavy atom. The van der Waals surface area contributed by atoms with Gasteiger partial charge in [-0.25, -0.2) is 9.18 Å². The zero-order valence-electron chi connectivity index (χ0n) is 10.1. The lowest BCUT2D eigenvalue weighted by molar-refractivity contribution is 0.0511. The largest absolute Gasteiger partial charge is 0.368 e. The van der Waals surface area contributed by atoms with E-state index in [9.17, 15) is 9.18 Å². The minimum absolute atomic E-state index is 0.168. The maximum Gasteiger partial charge on any atom is 0.368 e. The molecule has 0 fully saturated rings. The summed E-state index contributed by atoms with van der Waals surface area (Å²) in [4.78, 5) is 24.1. The summed E-state index contributed by atoms with van der Waals surface area (Å²) in [6, 6.07) is 5.53. The molecule has 0 bridgehead atoms. The van der Waals surface area contributed by atoms with Gasteiger partial charge in [-0.05, 0) is 19.1 Å². The second-order valence-electron chi connectivity index (χ2n) is 3.63. The first kappa shape index (κ1) is 12.8. The summed E-state index contributed by atoms with van der Waals surface area (Å²) in [6.45, 7) is 1.61. The second kappa shape index (κ2) is 5.81. The topological polar surface area (TPSA) is 64.4 Å². The molecule has 0 aliphatic rings. The number of nitrogens with zero attached hydrogens (tertiary/aromatic N) is 3. The molecule has 0 unspecified atom stereocenters. The highest BCUT2D eigenvalue weighted by atomic mass is 19.1. The van der Waals surface area contributed by atoms with Crippen LogP contribution in [0.2, 0.25) is 0 Å². The summed E-state index contributed by atoms with van der Waals surface area (Å²) in [6.07, 6.45) is 4.49. The summed E-state index contributed by atoms with van der Waals surface area (Å²) in [5.74, 6) is -1.51. The van der Waals surface area contributed by atoms with E-state index in [-0.39, 0.29) is 5.56 Å². The highest BCUT2D eigenvalue weighted by Gasteiger charge is 2.12. The minimum Gasteiger partial charge on any atom is -0.312 e. The summed E-state index contributed by atoms with van der Waals surface area (Å²) in [5, 5.41) is 3.61. The van der Waals surface area contributed by atoms with Crippen LogP contribution in [0.4, 0.5) is 4.39 Å². The second-order valence-corrected chi connectivity index (χ2v) is 3.63. The Labute approximate surface area is 108 Å². The van der Waals surface area contributed by atoms with E-state index in [1.165, 1.54) is 36.8 Å². The van der Waals surface area contributed by atoms with Crippen molar-refractivity contribution < 1.29 is 14.0 Å². The quantitative estimate of drug-likeness (QED) is 0.481. The normalized spacial score (nSPS) is 11.2. The molecule has 1 aromatic carbocycles. The Morgan fingerprint density at radius 1 is 1.32 bits per heavy atom. The van der Waals surface area contributed by atoms with Gasteiger partial charge < -0.3 is 4.84 Å². The summed E-state index contributed by atoms with van der Waals surface area (Å²) in [5.41, 5.74) is 0.680. The van der Waals surface area contributed by atoms with E-state index in [1.54, 1.807) is 13.0 Å². The van der Waals surface area contributed by atoms with Gasteiger partial charge in [0.15, 0.2) is 0 Å². The molecule has 19 heavy (non-hydrogen) atoms. The lowest BCUT2D eigenvalue weighted by atomic mass is 10.2. The zero-order valence-corrected chi connectivity index (χ0v) is 10.1. The van der Waals surface area contributed by atoms with Crippen LogP contribution in [0.3, 0.4) is 0 Å². The van der Waals surface area contributed by atoms with Crippen LogP contribution in [0.5, 0.6) is 0 Å². The number of carbonyl (C=O) groups is 1. The molecule has 2 aromatic rings. The number of hydrogen-bond donors (Lipinski definition) is 0. The Balaban J connectivity index is 2.11. The Bertz CT molecular complexity index is 614. The van der Waals surface area contributed by atoms with Gasteiger partial charge in [0.1, 0.15) is 17.2 Å². The highest BCUT2D eigenvalue weighted by molar-refractivity contribution is 5.97. The average molecular weight is 259 g/mol. The van der Waals surface area contributed by atoms with Crippen molar-refractivity contribution in [2.45, 2.75) is 6.92 Å². The first-order chi connectivity index (χ1) is 9.18. The third-order valence-electron chi connectivity index (χ3n) is 2.29. The molecule has 0 aliphatic carbocycles. The van der Waals surface area contributed by atoms with E-state index in [1.807, 2.05) is 0 Å². The number of rotatable bonds is 3. The molecule has 1 aromatic heterocycles.